The van der Waals surface area contributed by atoms with Crippen LogP contribution in [0.25, 0.3) is 0 Å². The normalized spacial score (nSPS) is 25.5. The maximum absolute atomic E-state index is 14.7. The molecule has 1 saturated heterocycles. The molecule has 2 heterocycles. The molecule has 3 atom stereocenters. The Kier molecular flexibility index (Phi) is 8.22. The third kappa shape index (κ3) is 5.54. The summed E-state index contributed by atoms with van der Waals surface area (Å²) in [5, 5.41) is -0.0642. The summed E-state index contributed by atoms with van der Waals surface area (Å²) in [6.07, 6.45) is 0.467. The van der Waals surface area contributed by atoms with E-state index in [0.717, 1.165) is 5.56 Å². The Hall–Kier alpha value is -1.72. The predicted molar refractivity (Wildman–Crippen MR) is 155 cm³/mol. The average Bonchev–Trinajstić information content (AvgIpc) is 3.42. The van der Waals surface area contributed by atoms with Crippen molar-refractivity contribution < 1.29 is 31.8 Å². The fourth-order valence-electron chi connectivity index (χ4n) is 5.18. The molecule has 0 aliphatic carbocycles. The molecule has 3 unspecified atom stereocenters. The minimum absolute atomic E-state index is 0.00884. The highest BCUT2D eigenvalue weighted by molar-refractivity contribution is 9.10. The topological polar surface area (TPSA) is 82.1 Å². The minimum atomic E-state index is -3.90. The van der Waals surface area contributed by atoms with Crippen LogP contribution in [0, 0.1) is 11.2 Å². The summed E-state index contributed by atoms with van der Waals surface area (Å²) >= 11 is 9.67. The molecule has 0 amide bonds. The van der Waals surface area contributed by atoms with Crippen LogP contribution in [-0.2, 0) is 36.3 Å². The number of nitrogens with zero attached hydrogens (tertiary/aromatic N) is 1. The summed E-state index contributed by atoms with van der Waals surface area (Å²) in [5.41, 5.74) is -1.56. The Labute approximate surface area is 249 Å². The van der Waals surface area contributed by atoms with Crippen LogP contribution in [0.1, 0.15) is 66.0 Å². The van der Waals surface area contributed by atoms with E-state index in [0.29, 0.717) is 15.8 Å². The van der Waals surface area contributed by atoms with Gasteiger partial charge in [-0.2, -0.15) is 4.31 Å². The third-order valence-electron chi connectivity index (χ3n) is 7.51. The van der Waals surface area contributed by atoms with Crippen LogP contribution in [0.4, 0.5) is 4.39 Å². The van der Waals surface area contributed by atoms with Crippen LogP contribution in [-0.4, -0.2) is 48.4 Å². The van der Waals surface area contributed by atoms with E-state index < -0.39 is 49.2 Å². The zero-order valence-electron chi connectivity index (χ0n) is 23.8. The fraction of sp³-hybridized carbons (Fsp3) is 0.552. The lowest BCUT2D eigenvalue weighted by Crippen LogP contribution is -2.55. The smallest absolute Gasteiger partial charge is 0.313 e. The molecule has 0 radical (unpaired) electrons. The van der Waals surface area contributed by atoms with Crippen molar-refractivity contribution >= 4 is 43.5 Å². The van der Waals surface area contributed by atoms with E-state index >= 15 is 0 Å². The van der Waals surface area contributed by atoms with Crippen LogP contribution < -0.4 is 4.74 Å². The highest BCUT2D eigenvalue weighted by Gasteiger charge is 2.61. The summed E-state index contributed by atoms with van der Waals surface area (Å²) in [5.74, 6) is -0.779. The van der Waals surface area contributed by atoms with Gasteiger partial charge in [-0.1, -0.05) is 41.9 Å². The Morgan fingerprint density at radius 1 is 1.20 bits per heavy atom. The largest absolute Gasteiger partial charge is 0.480 e. The van der Waals surface area contributed by atoms with E-state index in [1.807, 2.05) is 30.3 Å². The van der Waals surface area contributed by atoms with Crippen molar-refractivity contribution in [3.8, 4) is 5.75 Å². The fourth-order valence-corrected chi connectivity index (χ4v) is 7.60. The summed E-state index contributed by atoms with van der Waals surface area (Å²) in [4.78, 5) is 12.3. The Morgan fingerprint density at radius 2 is 1.82 bits per heavy atom. The molecular formula is C29H36BrClFNO6S. The van der Waals surface area contributed by atoms with Crippen LogP contribution in [0.5, 0.6) is 5.75 Å². The van der Waals surface area contributed by atoms with Gasteiger partial charge in [0.15, 0.2) is 12.4 Å². The molecule has 0 bridgehead atoms. The van der Waals surface area contributed by atoms with Crippen molar-refractivity contribution in [3.63, 3.8) is 0 Å². The van der Waals surface area contributed by atoms with E-state index in [-0.39, 0.29) is 31.2 Å². The van der Waals surface area contributed by atoms with Gasteiger partial charge in [-0.15, -0.1) is 0 Å². The van der Waals surface area contributed by atoms with Crippen molar-refractivity contribution in [2.45, 2.75) is 83.3 Å². The molecule has 2 aliphatic rings. The van der Waals surface area contributed by atoms with E-state index in [1.54, 1.807) is 48.5 Å². The first-order chi connectivity index (χ1) is 18.3. The van der Waals surface area contributed by atoms with Crippen molar-refractivity contribution in [2.24, 2.45) is 5.41 Å². The lowest BCUT2D eigenvalue weighted by molar-refractivity contribution is -0.178. The number of benzene rings is 2. The summed E-state index contributed by atoms with van der Waals surface area (Å²) in [6.45, 7) is 11.6. The van der Waals surface area contributed by atoms with Gasteiger partial charge in [-0.3, -0.25) is 4.79 Å². The second-order valence-electron chi connectivity index (χ2n) is 12.8. The molecule has 0 N–H and O–H groups in total. The van der Waals surface area contributed by atoms with Gasteiger partial charge in [0.05, 0.1) is 26.8 Å². The molecule has 220 valence electrons. The number of fused-ring (bicyclic) bond motifs is 1. The van der Waals surface area contributed by atoms with Crippen LogP contribution in [0.15, 0.2) is 40.9 Å². The van der Waals surface area contributed by atoms with Gasteiger partial charge in [-0.25, -0.2) is 12.8 Å². The Balaban J connectivity index is 1.81. The van der Waals surface area contributed by atoms with Crippen LogP contribution in [0.2, 0.25) is 5.02 Å². The van der Waals surface area contributed by atoms with Gasteiger partial charge in [0.2, 0.25) is 10.0 Å². The molecule has 2 aliphatic heterocycles. The van der Waals surface area contributed by atoms with Gasteiger partial charge < -0.3 is 14.2 Å². The van der Waals surface area contributed by atoms with Crippen molar-refractivity contribution in [1.29, 1.82) is 0 Å². The molecule has 0 saturated carbocycles. The molecule has 40 heavy (non-hydrogen) atoms. The van der Waals surface area contributed by atoms with Gasteiger partial charge in [-0.05, 0) is 76.4 Å². The first-order valence-corrected chi connectivity index (χ1v) is 15.7. The Bertz CT molecular complexity index is 1410. The molecule has 0 spiro atoms. The summed E-state index contributed by atoms with van der Waals surface area (Å²) in [7, 11) is -3.90. The quantitative estimate of drug-likeness (QED) is 0.197. The first-order valence-electron chi connectivity index (χ1n) is 13.1. The standard InChI is InChI=1S/C29H36BrClFNO6S/c1-26(2,3)25(34)37-17-38-28(7)15-22(33(16-28)40(35,36)27(4,5)6)29(18-11-9-8-10-12-18)14-19-21(39-29)13-20(32)24(31)23(19)30/h8-13,22H,14-17H2,1-7H3. The molecule has 7 nitrogen and oxygen atoms in total. The number of carbonyl (C=O) groups is 1. The van der Waals surface area contributed by atoms with Gasteiger partial charge in [0.1, 0.15) is 11.6 Å². The molecule has 2 aromatic carbocycles. The molecule has 4 rings (SSSR count). The Morgan fingerprint density at radius 3 is 2.40 bits per heavy atom. The minimum Gasteiger partial charge on any atom is -0.480 e. The number of ether oxygens (including phenoxy) is 3. The molecule has 1 fully saturated rings. The number of carbonyl (C=O) groups excluding carboxylic acids is 1. The average molecular weight is 661 g/mol. The lowest BCUT2D eigenvalue weighted by Gasteiger charge is -2.41. The number of hydrogen-bond acceptors (Lipinski definition) is 6. The number of esters is 1. The zero-order chi connectivity index (χ0) is 29.9. The van der Waals surface area contributed by atoms with E-state index in [2.05, 4.69) is 15.9 Å². The van der Waals surface area contributed by atoms with E-state index in [9.17, 15) is 17.6 Å². The molecular weight excluding hydrogens is 625 g/mol. The highest BCUT2D eigenvalue weighted by Crippen LogP contribution is 2.53. The van der Waals surface area contributed by atoms with Gasteiger partial charge in [0, 0.05) is 29.1 Å². The number of sulfonamides is 1. The van der Waals surface area contributed by atoms with Crippen molar-refractivity contribution in [3.05, 3.63) is 62.8 Å². The van der Waals surface area contributed by atoms with Crippen molar-refractivity contribution in [1.82, 2.24) is 4.31 Å². The summed E-state index contributed by atoms with van der Waals surface area (Å²) < 4.78 is 61.6. The van der Waals surface area contributed by atoms with Crippen LogP contribution in [0.3, 0.4) is 0 Å². The van der Waals surface area contributed by atoms with E-state index in [1.165, 1.54) is 10.4 Å². The number of rotatable bonds is 6. The third-order valence-corrected chi connectivity index (χ3v) is 11.5. The molecule has 2 aromatic rings. The predicted octanol–water partition coefficient (Wildman–Crippen LogP) is 6.60. The summed E-state index contributed by atoms with van der Waals surface area (Å²) in [6, 6.07) is 9.81. The monoisotopic (exact) mass is 659 g/mol. The second kappa shape index (κ2) is 10.5. The van der Waals surface area contributed by atoms with Crippen LogP contribution >= 0.6 is 27.5 Å². The number of halogens is 3. The lowest BCUT2D eigenvalue weighted by atomic mass is 9.80. The molecule has 11 heteroatoms. The maximum Gasteiger partial charge on any atom is 0.313 e. The maximum atomic E-state index is 14.7. The van der Waals surface area contributed by atoms with Gasteiger partial charge in [0.25, 0.3) is 0 Å². The SMILES string of the molecule is CC1(OCOC(=O)C(C)(C)C)CC(C2(c3ccccc3)Cc3c(cc(F)c(Cl)c3Br)O2)N(S(=O)(=O)C(C)(C)C)C1. The molecule has 0 aromatic heterocycles. The second-order valence-corrected chi connectivity index (χ2v) is 16.6. The highest BCUT2D eigenvalue weighted by atomic mass is 79.9. The number of hydrogen-bond donors (Lipinski definition) is 0. The van der Waals surface area contributed by atoms with Gasteiger partial charge >= 0.3 is 5.97 Å². The van der Waals surface area contributed by atoms with Crippen molar-refractivity contribution in [2.75, 3.05) is 13.3 Å². The first kappa shape index (κ1) is 31.2. The zero-order valence-corrected chi connectivity index (χ0v) is 27.0. The van der Waals surface area contributed by atoms with E-state index in [4.69, 9.17) is 25.8 Å².